The molecular weight excluding hydrogens is 684 g/mol. The molecule has 282 valence electrons. The molecule has 0 amide bonds. The van der Waals surface area contributed by atoms with E-state index < -0.39 is 11.9 Å². The Balaban J connectivity index is 1.79. The number of fused-ring (bicyclic) bond motifs is 2. The number of benzene rings is 4. The number of nitrogens with one attached hydrogen (secondary N) is 2. The molecule has 6 aromatic rings. The van der Waals surface area contributed by atoms with Gasteiger partial charge < -0.3 is 38.4 Å². The van der Waals surface area contributed by atoms with Gasteiger partial charge in [-0.15, -0.1) is 0 Å². The Kier molecular flexibility index (Phi) is 11.7. The largest absolute Gasteiger partial charge is 0.466 e. The summed E-state index contributed by atoms with van der Waals surface area (Å²) in [4.78, 5) is 33.3. The second-order valence-electron chi connectivity index (χ2n) is 12.9. The first-order valence-corrected chi connectivity index (χ1v) is 18.4. The van der Waals surface area contributed by atoms with E-state index in [0.29, 0.717) is 35.7 Å². The van der Waals surface area contributed by atoms with Crippen LogP contribution >= 0.6 is 0 Å². The van der Waals surface area contributed by atoms with Crippen LogP contribution in [-0.2, 0) is 31.8 Å². The topological polar surface area (TPSA) is 121 Å². The summed E-state index contributed by atoms with van der Waals surface area (Å²) >= 11 is 0. The molecule has 0 spiro atoms. The van der Waals surface area contributed by atoms with Crippen molar-refractivity contribution in [2.45, 2.75) is 54.4 Å². The molecule has 0 atom stereocenters. The van der Waals surface area contributed by atoms with Crippen molar-refractivity contribution < 1.29 is 38.0 Å². The summed E-state index contributed by atoms with van der Waals surface area (Å²) in [6.07, 6.45) is 1.24. The number of rotatable bonds is 15. The van der Waals surface area contributed by atoms with Gasteiger partial charge in [-0.05, 0) is 96.5 Å². The van der Waals surface area contributed by atoms with Gasteiger partial charge in [-0.2, -0.15) is 0 Å². The fraction of sp³-hybridized carbons (Fsp3) is 0.318. The molecule has 0 fully saturated rings. The maximum atomic E-state index is 13.2. The first kappa shape index (κ1) is 38.2. The third-order valence-corrected chi connectivity index (χ3v) is 9.86. The highest BCUT2D eigenvalue weighted by molar-refractivity contribution is 6.14. The van der Waals surface area contributed by atoms with Crippen LogP contribution < -0.4 is 9.47 Å². The normalized spacial score (nSPS) is 11.3. The van der Waals surface area contributed by atoms with E-state index in [1.165, 1.54) is 0 Å². The zero-order valence-corrected chi connectivity index (χ0v) is 32.3. The minimum Gasteiger partial charge on any atom is -0.466 e. The third kappa shape index (κ3) is 6.83. The number of carbonyl (C=O) groups is 2. The van der Waals surface area contributed by atoms with Crippen molar-refractivity contribution in [3.05, 3.63) is 94.3 Å². The van der Waals surface area contributed by atoms with Crippen LogP contribution in [-0.4, -0.2) is 62.9 Å². The third-order valence-electron chi connectivity index (χ3n) is 9.86. The van der Waals surface area contributed by atoms with Gasteiger partial charge in [0.05, 0.1) is 24.6 Å². The van der Waals surface area contributed by atoms with Crippen molar-refractivity contribution in [3.63, 3.8) is 0 Å². The Morgan fingerprint density at radius 1 is 0.593 bits per heavy atom. The molecule has 0 unspecified atom stereocenters. The summed E-state index contributed by atoms with van der Waals surface area (Å²) in [6.45, 7) is 12.1. The summed E-state index contributed by atoms with van der Waals surface area (Å²) in [5, 5.41) is 3.70. The molecule has 2 N–H and O–H groups in total. The molecule has 4 aromatic carbocycles. The Labute approximate surface area is 315 Å². The van der Waals surface area contributed by atoms with E-state index in [4.69, 9.17) is 28.4 Å². The van der Waals surface area contributed by atoms with E-state index in [0.717, 1.165) is 77.4 Å². The summed E-state index contributed by atoms with van der Waals surface area (Å²) in [5.41, 5.74) is 8.90. The van der Waals surface area contributed by atoms with Crippen molar-refractivity contribution in [2.24, 2.45) is 0 Å². The zero-order chi connectivity index (χ0) is 38.5. The van der Waals surface area contributed by atoms with Crippen LogP contribution in [0, 0.1) is 13.8 Å². The van der Waals surface area contributed by atoms with Crippen LogP contribution in [0.1, 0.15) is 70.9 Å². The van der Waals surface area contributed by atoms with Gasteiger partial charge in [-0.25, -0.2) is 9.59 Å². The van der Waals surface area contributed by atoms with Gasteiger partial charge in [0.1, 0.15) is 22.9 Å². The molecular formula is C44H48N2O8. The lowest BCUT2D eigenvalue weighted by atomic mass is 9.87. The minimum absolute atomic E-state index is 0.0478. The van der Waals surface area contributed by atoms with Crippen LogP contribution in [0.4, 0.5) is 0 Å². The second-order valence-corrected chi connectivity index (χ2v) is 12.9. The molecule has 6 rings (SSSR count). The molecule has 10 heteroatoms. The smallest absolute Gasteiger partial charge is 0.355 e. The van der Waals surface area contributed by atoms with Crippen molar-refractivity contribution in [1.82, 2.24) is 9.97 Å². The first-order chi connectivity index (χ1) is 26.2. The van der Waals surface area contributed by atoms with E-state index in [-0.39, 0.29) is 26.8 Å². The van der Waals surface area contributed by atoms with E-state index in [1.807, 2.05) is 52.0 Å². The van der Waals surface area contributed by atoms with E-state index in [1.54, 1.807) is 28.1 Å². The number of hydrogen-bond donors (Lipinski definition) is 2. The summed E-state index contributed by atoms with van der Waals surface area (Å²) in [5.74, 6) is 0.250. The second kappa shape index (κ2) is 16.6. The Hall–Kier alpha value is -5.58. The van der Waals surface area contributed by atoms with Gasteiger partial charge >= 0.3 is 11.9 Å². The number of methoxy groups -OCH3 is 2. The number of esters is 2. The Bertz CT molecular complexity index is 2170. The standard InChI is InChI=1S/C44H48N2O8/c1-9-29-25(5)37(45-39(29)43(47)51-11-3)33-21-27-17-13-15-19-31(27)35(41(33)53-23-49-7)36-32-20-16-14-18-28(32)22-34(42(36)54-24-50-8)38-26(6)30(10-2)40(46-38)44(48)52-12-4/h13-22,45-46H,9-12,23-24H2,1-8H3. The highest BCUT2D eigenvalue weighted by atomic mass is 16.7. The molecule has 10 nitrogen and oxygen atoms in total. The molecule has 0 saturated carbocycles. The Morgan fingerprint density at radius 3 is 1.33 bits per heavy atom. The molecule has 0 aliphatic carbocycles. The van der Waals surface area contributed by atoms with Gasteiger partial charge in [-0.3, -0.25) is 0 Å². The zero-order valence-electron chi connectivity index (χ0n) is 32.3. The summed E-state index contributed by atoms with van der Waals surface area (Å²) in [6, 6.07) is 20.4. The quantitative estimate of drug-likeness (QED) is 0.0791. The predicted molar refractivity (Wildman–Crippen MR) is 212 cm³/mol. The molecule has 2 heterocycles. The molecule has 0 aliphatic heterocycles. The van der Waals surface area contributed by atoms with E-state index in [9.17, 15) is 9.59 Å². The predicted octanol–water partition coefficient (Wildman–Crippen LogP) is 9.71. The van der Waals surface area contributed by atoms with Crippen molar-refractivity contribution >= 4 is 33.5 Å². The van der Waals surface area contributed by atoms with E-state index >= 15 is 0 Å². The molecule has 54 heavy (non-hydrogen) atoms. The van der Waals surface area contributed by atoms with Gasteiger partial charge in [0.25, 0.3) is 0 Å². The average Bonchev–Trinajstić information content (AvgIpc) is 3.70. The maximum absolute atomic E-state index is 13.2. The number of aromatic nitrogens is 2. The van der Waals surface area contributed by atoms with Crippen LogP contribution in [0.3, 0.4) is 0 Å². The molecule has 0 aliphatic rings. The van der Waals surface area contributed by atoms with E-state index in [2.05, 4.69) is 46.4 Å². The summed E-state index contributed by atoms with van der Waals surface area (Å²) in [7, 11) is 3.16. The number of carbonyl (C=O) groups excluding carboxylic acids is 2. The van der Waals surface area contributed by atoms with Crippen LogP contribution in [0.25, 0.3) is 55.2 Å². The lowest BCUT2D eigenvalue weighted by molar-refractivity contribution is 0.0505. The minimum atomic E-state index is -0.409. The maximum Gasteiger partial charge on any atom is 0.355 e. The van der Waals surface area contributed by atoms with Crippen LogP contribution in [0.5, 0.6) is 11.5 Å². The molecule has 0 bridgehead atoms. The van der Waals surface area contributed by atoms with Crippen LogP contribution in [0.15, 0.2) is 60.7 Å². The number of aromatic amines is 2. The molecule has 0 radical (unpaired) electrons. The summed E-state index contributed by atoms with van der Waals surface area (Å²) < 4.78 is 35.3. The van der Waals surface area contributed by atoms with Gasteiger partial charge in [0, 0.05) is 36.5 Å². The van der Waals surface area contributed by atoms with Crippen molar-refractivity contribution in [3.8, 4) is 45.1 Å². The SMILES string of the molecule is CCOC(=O)c1[nH]c(-c2cc3ccccc3c(-c3c(OCOC)c(-c4[nH]c(C(=O)OCC)c(CC)c4C)cc4ccccc34)c2OCOC)c(C)c1CC. The molecule has 2 aromatic heterocycles. The average molecular weight is 733 g/mol. The van der Waals surface area contributed by atoms with Crippen LogP contribution in [0.2, 0.25) is 0 Å². The number of ether oxygens (including phenoxy) is 6. The fourth-order valence-electron chi connectivity index (χ4n) is 7.50. The highest BCUT2D eigenvalue weighted by Crippen LogP contribution is 2.53. The monoisotopic (exact) mass is 732 g/mol. The van der Waals surface area contributed by atoms with Crippen molar-refractivity contribution in [2.75, 3.05) is 41.0 Å². The van der Waals surface area contributed by atoms with Crippen molar-refractivity contribution in [1.29, 1.82) is 0 Å². The fourth-order valence-corrected chi connectivity index (χ4v) is 7.50. The number of hydrogen-bond acceptors (Lipinski definition) is 8. The lowest BCUT2D eigenvalue weighted by Crippen LogP contribution is -2.08. The molecule has 0 saturated heterocycles. The van der Waals surface area contributed by atoms with Gasteiger partial charge in [-0.1, -0.05) is 62.4 Å². The van der Waals surface area contributed by atoms with Gasteiger partial charge in [0.2, 0.25) is 0 Å². The highest BCUT2D eigenvalue weighted by Gasteiger charge is 2.30. The lowest BCUT2D eigenvalue weighted by Gasteiger charge is -2.24. The first-order valence-electron chi connectivity index (χ1n) is 18.4. The Morgan fingerprint density at radius 2 is 0.981 bits per heavy atom. The van der Waals surface area contributed by atoms with Gasteiger partial charge in [0.15, 0.2) is 13.6 Å². The number of H-pyrrole nitrogens is 2.